The maximum absolute atomic E-state index is 10.8. The van der Waals surface area contributed by atoms with Gasteiger partial charge in [0.05, 0.1) is 0 Å². The molecular formula is C10H13NaOS. The summed E-state index contributed by atoms with van der Waals surface area (Å²) in [4.78, 5) is 1.15. The van der Waals surface area contributed by atoms with E-state index in [1.165, 1.54) is 0 Å². The van der Waals surface area contributed by atoms with Crippen molar-refractivity contribution in [2.45, 2.75) is 30.4 Å². The third-order valence-electron chi connectivity index (χ3n) is 1.25. The minimum absolute atomic E-state index is 0. The first-order chi connectivity index (χ1) is 5.47. The largest absolute Gasteiger partial charge is 1.00 e. The zero-order chi connectivity index (χ0) is 9.19. The number of benzene rings is 1. The van der Waals surface area contributed by atoms with E-state index in [1.54, 1.807) is 23.9 Å². The zero-order valence-corrected chi connectivity index (χ0v) is 11.4. The van der Waals surface area contributed by atoms with Crippen LogP contribution in [0, 0.1) is 0 Å². The summed E-state index contributed by atoms with van der Waals surface area (Å²) in [7, 11) is 0. The Morgan fingerprint density at radius 2 is 1.54 bits per heavy atom. The normalized spacial score (nSPS) is 10.7. The van der Waals surface area contributed by atoms with E-state index >= 15 is 0 Å². The van der Waals surface area contributed by atoms with Crippen molar-refractivity contribution >= 4 is 11.8 Å². The van der Waals surface area contributed by atoms with Crippen LogP contribution in [-0.4, -0.2) is 4.75 Å². The van der Waals surface area contributed by atoms with Crippen molar-refractivity contribution in [3.8, 4) is 5.75 Å². The molecule has 0 N–H and O–H groups in total. The molecule has 0 aromatic heterocycles. The quantitative estimate of drug-likeness (QED) is 0.461. The fourth-order valence-electron chi connectivity index (χ4n) is 0.861. The minimum Gasteiger partial charge on any atom is -0.872 e. The van der Waals surface area contributed by atoms with Crippen LogP contribution in [0.1, 0.15) is 20.8 Å². The van der Waals surface area contributed by atoms with E-state index in [4.69, 9.17) is 0 Å². The molecule has 0 amide bonds. The molecule has 0 radical (unpaired) electrons. The Bertz CT molecular complexity index is 251. The molecule has 3 heteroatoms. The van der Waals surface area contributed by atoms with Crippen LogP contribution in [0.2, 0.25) is 0 Å². The van der Waals surface area contributed by atoms with Crippen molar-refractivity contribution in [2.24, 2.45) is 0 Å². The monoisotopic (exact) mass is 204 g/mol. The second-order valence-corrected chi connectivity index (χ2v) is 5.59. The average molecular weight is 204 g/mol. The molecule has 0 saturated heterocycles. The second-order valence-electron chi connectivity index (χ2n) is 3.69. The van der Waals surface area contributed by atoms with Crippen LogP contribution in [0.25, 0.3) is 0 Å². The summed E-state index contributed by atoms with van der Waals surface area (Å²) in [5, 5.41) is 10.8. The van der Waals surface area contributed by atoms with E-state index < -0.39 is 0 Å². The van der Waals surface area contributed by atoms with Crippen molar-refractivity contribution in [1.29, 1.82) is 0 Å². The molecule has 0 aliphatic carbocycles. The number of thioether (sulfide) groups is 1. The summed E-state index contributed by atoms with van der Waals surface area (Å²) >= 11 is 1.77. The molecule has 0 heterocycles. The van der Waals surface area contributed by atoms with Crippen molar-refractivity contribution in [1.82, 2.24) is 0 Å². The molecule has 13 heavy (non-hydrogen) atoms. The summed E-state index contributed by atoms with van der Waals surface area (Å²) in [6.07, 6.45) is 0. The van der Waals surface area contributed by atoms with Crippen LogP contribution in [0.3, 0.4) is 0 Å². The van der Waals surface area contributed by atoms with Gasteiger partial charge in [-0.15, -0.1) is 17.5 Å². The predicted molar refractivity (Wildman–Crippen MR) is 51.5 cm³/mol. The van der Waals surface area contributed by atoms with Gasteiger partial charge in [-0.05, 0) is 12.1 Å². The van der Waals surface area contributed by atoms with Crippen LogP contribution in [0.4, 0.5) is 0 Å². The summed E-state index contributed by atoms with van der Waals surface area (Å²) in [6, 6.07) is 6.96. The van der Waals surface area contributed by atoms with Crippen LogP contribution in [0.15, 0.2) is 29.2 Å². The Labute approximate surface area is 106 Å². The maximum Gasteiger partial charge on any atom is 1.00 e. The third kappa shape index (κ3) is 5.63. The molecular weight excluding hydrogens is 191 g/mol. The minimum atomic E-state index is 0. The van der Waals surface area contributed by atoms with Crippen LogP contribution in [0.5, 0.6) is 5.75 Å². The molecule has 0 unspecified atom stereocenters. The molecule has 0 spiro atoms. The molecule has 0 fully saturated rings. The first-order valence-corrected chi connectivity index (χ1v) is 4.75. The van der Waals surface area contributed by atoms with Crippen molar-refractivity contribution in [3.05, 3.63) is 24.3 Å². The van der Waals surface area contributed by atoms with Gasteiger partial charge in [0.25, 0.3) is 0 Å². The average Bonchev–Trinajstić information content (AvgIpc) is 1.91. The van der Waals surface area contributed by atoms with Gasteiger partial charge in [0.15, 0.2) is 0 Å². The first kappa shape index (κ1) is 13.4. The van der Waals surface area contributed by atoms with Crippen molar-refractivity contribution in [3.63, 3.8) is 0 Å². The molecule has 1 nitrogen and oxygen atoms in total. The third-order valence-corrected chi connectivity index (χ3v) is 2.37. The molecule has 66 valence electrons. The molecule has 0 bridgehead atoms. The molecule has 1 aromatic rings. The van der Waals surface area contributed by atoms with Gasteiger partial charge in [-0.25, -0.2) is 0 Å². The summed E-state index contributed by atoms with van der Waals surface area (Å²) in [5.41, 5.74) is 0. The van der Waals surface area contributed by atoms with Gasteiger partial charge >= 0.3 is 29.6 Å². The second kappa shape index (κ2) is 5.30. The molecule has 0 saturated carbocycles. The summed E-state index contributed by atoms with van der Waals surface area (Å²) in [5.74, 6) is 0.0771. The SMILES string of the molecule is CC(C)(C)Sc1ccc([O-])cc1.[Na+]. The number of rotatable bonds is 1. The van der Waals surface area contributed by atoms with Crippen LogP contribution < -0.4 is 34.7 Å². The van der Waals surface area contributed by atoms with Gasteiger partial charge in [0.1, 0.15) is 0 Å². The molecule has 1 rings (SSSR count). The standard InChI is InChI=1S/C10H14OS.Na/c1-10(2,3)12-9-6-4-8(11)5-7-9;/h4-7,11H,1-3H3;/q;+1/p-1. The van der Waals surface area contributed by atoms with E-state index in [9.17, 15) is 5.11 Å². The predicted octanol–water partition coefficient (Wildman–Crippen LogP) is -0.345. The molecule has 0 atom stereocenters. The van der Waals surface area contributed by atoms with Gasteiger partial charge in [-0.1, -0.05) is 32.9 Å². The van der Waals surface area contributed by atoms with E-state index in [0.29, 0.717) is 0 Å². The van der Waals surface area contributed by atoms with Gasteiger partial charge in [0.2, 0.25) is 0 Å². The van der Waals surface area contributed by atoms with Crippen molar-refractivity contribution in [2.75, 3.05) is 0 Å². The van der Waals surface area contributed by atoms with Crippen LogP contribution in [-0.2, 0) is 0 Å². The Hall–Kier alpha value is 0.370. The first-order valence-electron chi connectivity index (χ1n) is 3.93. The van der Waals surface area contributed by atoms with Gasteiger partial charge < -0.3 is 5.11 Å². The smallest absolute Gasteiger partial charge is 0.872 e. The van der Waals surface area contributed by atoms with Crippen LogP contribution >= 0.6 is 11.8 Å². The van der Waals surface area contributed by atoms with Gasteiger partial charge in [0, 0.05) is 9.64 Å². The van der Waals surface area contributed by atoms with Gasteiger partial charge in [-0.3, -0.25) is 0 Å². The topological polar surface area (TPSA) is 23.1 Å². The fourth-order valence-corrected chi connectivity index (χ4v) is 1.84. The zero-order valence-electron chi connectivity index (χ0n) is 8.63. The molecule has 0 aliphatic heterocycles. The van der Waals surface area contributed by atoms with E-state index in [0.717, 1.165) is 4.90 Å². The molecule has 1 aromatic carbocycles. The fraction of sp³-hybridized carbons (Fsp3) is 0.400. The Morgan fingerprint density at radius 3 is 1.92 bits per heavy atom. The van der Waals surface area contributed by atoms with E-state index in [2.05, 4.69) is 20.8 Å². The molecule has 0 aliphatic rings. The number of hydrogen-bond acceptors (Lipinski definition) is 2. The Balaban J connectivity index is 0.00000144. The Morgan fingerprint density at radius 1 is 1.08 bits per heavy atom. The number of hydrogen-bond donors (Lipinski definition) is 0. The summed E-state index contributed by atoms with van der Waals surface area (Å²) < 4.78 is 0.213. The Kier molecular flexibility index (Phi) is 5.45. The summed E-state index contributed by atoms with van der Waals surface area (Å²) in [6.45, 7) is 6.47. The van der Waals surface area contributed by atoms with E-state index in [-0.39, 0.29) is 40.1 Å². The van der Waals surface area contributed by atoms with Crippen molar-refractivity contribution < 1.29 is 34.7 Å². The van der Waals surface area contributed by atoms with Gasteiger partial charge in [-0.2, -0.15) is 0 Å². The van der Waals surface area contributed by atoms with E-state index in [1.807, 2.05) is 12.1 Å². The maximum atomic E-state index is 10.8.